The number of hydrogen-bond donors (Lipinski definition) is 0. The van der Waals surface area contributed by atoms with E-state index in [9.17, 15) is 9.59 Å². The van der Waals surface area contributed by atoms with Crippen molar-refractivity contribution in [3.05, 3.63) is 104 Å². The average molecular weight is 518 g/mol. The molecule has 1 unspecified atom stereocenters. The van der Waals surface area contributed by atoms with Gasteiger partial charge in [0.15, 0.2) is 16.9 Å². The lowest BCUT2D eigenvalue weighted by molar-refractivity contribution is 0.0730. The number of amides is 1. The van der Waals surface area contributed by atoms with E-state index in [0.717, 1.165) is 11.1 Å². The first-order valence-electron chi connectivity index (χ1n) is 12.3. The molecule has 0 radical (unpaired) electrons. The van der Waals surface area contributed by atoms with Gasteiger partial charge < -0.3 is 18.8 Å². The van der Waals surface area contributed by atoms with Gasteiger partial charge in [0.1, 0.15) is 5.58 Å². The highest BCUT2D eigenvalue weighted by Crippen LogP contribution is 2.41. The summed E-state index contributed by atoms with van der Waals surface area (Å²) >= 11 is 6.19. The fourth-order valence-corrected chi connectivity index (χ4v) is 4.87. The second-order valence-corrected chi connectivity index (χ2v) is 10.0. The van der Waals surface area contributed by atoms with Crippen LogP contribution in [0.4, 0.5) is 0 Å². The highest BCUT2D eigenvalue weighted by atomic mass is 35.5. The summed E-state index contributed by atoms with van der Waals surface area (Å²) in [6.45, 7) is 5.09. The molecule has 1 amide bonds. The molecule has 6 nitrogen and oxygen atoms in total. The minimum Gasteiger partial charge on any atom is -0.493 e. The summed E-state index contributed by atoms with van der Waals surface area (Å²) in [7, 11) is 1.58. The number of fused-ring (bicyclic) bond motifs is 2. The number of halogens is 1. The SMILES string of the molecule is COc1cc(C2c3c(oc4ccc(Cl)cc4c3=O)C(=O)N2CCc2ccccc2)ccc1OCC(C)C. The molecule has 0 saturated heterocycles. The lowest BCUT2D eigenvalue weighted by atomic mass is 9.97. The molecule has 1 aromatic heterocycles. The Bertz CT molecular complexity index is 1510. The van der Waals surface area contributed by atoms with Gasteiger partial charge in [0.2, 0.25) is 5.76 Å². The zero-order chi connectivity index (χ0) is 26.1. The fourth-order valence-electron chi connectivity index (χ4n) is 4.69. The van der Waals surface area contributed by atoms with Gasteiger partial charge in [-0.3, -0.25) is 9.59 Å². The van der Waals surface area contributed by atoms with Crippen molar-refractivity contribution in [2.45, 2.75) is 26.3 Å². The molecule has 5 rings (SSSR count). The standard InChI is InChI=1S/C30H28ClNO5/c1-18(2)17-36-24-11-9-20(15-25(24)35-3)27-26-28(33)22-16-21(31)10-12-23(22)37-29(26)30(34)32(27)14-13-19-7-5-4-6-8-19/h4-12,15-16,18,27H,13-14,17H2,1-3H3. The largest absolute Gasteiger partial charge is 0.493 e. The Hall–Kier alpha value is -3.77. The smallest absolute Gasteiger partial charge is 0.290 e. The molecule has 1 aliphatic heterocycles. The highest BCUT2D eigenvalue weighted by Gasteiger charge is 2.42. The summed E-state index contributed by atoms with van der Waals surface area (Å²) in [6, 6.07) is 19.7. The molecule has 0 N–H and O–H groups in total. The maximum Gasteiger partial charge on any atom is 0.290 e. The topological polar surface area (TPSA) is 69.0 Å². The average Bonchev–Trinajstić information content (AvgIpc) is 3.18. The second-order valence-electron chi connectivity index (χ2n) is 9.57. The van der Waals surface area contributed by atoms with Gasteiger partial charge in [0.05, 0.1) is 30.7 Å². The van der Waals surface area contributed by atoms with E-state index in [4.69, 9.17) is 25.5 Å². The molecule has 1 atom stereocenters. The van der Waals surface area contributed by atoms with E-state index in [-0.39, 0.29) is 17.1 Å². The van der Waals surface area contributed by atoms with Crippen LogP contribution in [0.25, 0.3) is 11.0 Å². The summed E-state index contributed by atoms with van der Waals surface area (Å²) in [5.74, 6) is 1.25. The number of carbonyl (C=O) groups is 1. The minimum atomic E-state index is -0.640. The van der Waals surface area contributed by atoms with E-state index < -0.39 is 6.04 Å². The summed E-state index contributed by atoms with van der Waals surface area (Å²) in [4.78, 5) is 29.1. The van der Waals surface area contributed by atoms with Crippen molar-refractivity contribution in [2.75, 3.05) is 20.3 Å². The van der Waals surface area contributed by atoms with Gasteiger partial charge in [-0.05, 0) is 53.8 Å². The van der Waals surface area contributed by atoms with Crippen LogP contribution in [0.2, 0.25) is 5.02 Å². The van der Waals surface area contributed by atoms with Crippen molar-refractivity contribution >= 4 is 28.5 Å². The number of ether oxygens (including phenoxy) is 2. The first-order chi connectivity index (χ1) is 17.9. The number of nitrogens with zero attached hydrogens (tertiary/aromatic N) is 1. The zero-order valence-electron chi connectivity index (χ0n) is 21.0. The van der Waals surface area contributed by atoms with E-state index in [1.165, 1.54) is 0 Å². The molecule has 0 fully saturated rings. The molecule has 37 heavy (non-hydrogen) atoms. The first kappa shape index (κ1) is 24.9. The van der Waals surface area contributed by atoms with Crippen LogP contribution in [0.15, 0.2) is 75.9 Å². The van der Waals surface area contributed by atoms with Crippen molar-refractivity contribution in [2.24, 2.45) is 5.92 Å². The fraction of sp³-hybridized carbons (Fsp3) is 0.267. The molecule has 0 saturated carbocycles. The third kappa shape index (κ3) is 4.81. The second kappa shape index (κ2) is 10.3. The molecular formula is C30H28ClNO5. The van der Waals surface area contributed by atoms with Gasteiger partial charge in [-0.1, -0.05) is 61.8 Å². The van der Waals surface area contributed by atoms with Crippen molar-refractivity contribution in [1.29, 1.82) is 0 Å². The van der Waals surface area contributed by atoms with E-state index in [1.807, 2.05) is 48.5 Å². The van der Waals surface area contributed by atoms with Crippen LogP contribution in [0.1, 0.15) is 47.1 Å². The van der Waals surface area contributed by atoms with Crippen LogP contribution < -0.4 is 14.9 Å². The molecule has 190 valence electrons. The number of carbonyl (C=O) groups excluding carboxylic acids is 1. The molecule has 0 aliphatic carbocycles. The van der Waals surface area contributed by atoms with Gasteiger partial charge >= 0.3 is 0 Å². The minimum absolute atomic E-state index is 0.0667. The normalized spacial score (nSPS) is 14.9. The Morgan fingerprint density at radius 1 is 1.00 bits per heavy atom. The van der Waals surface area contributed by atoms with E-state index >= 15 is 0 Å². The van der Waals surface area contributed by atoms with Crippen LogP contribution in [0.5, 0.6) is 11.5 Å². The Morgan fingerprint density at radius 2 is 1.78 bits per heavy atom. The molecular weight excluding hydrogens is 490 g/mol. The maximum atomic E-state index is 13.8. The monoisotopic (exact) mass is 517 g/mol. The summed E-state index contributed by atoms with van der Waals surface area (Å²) in [5.41, 5.74) is 2.21. The molecule has 0 bridgehead atoms. The van der Waals surface area contributed by atoms with E-state index in [0.29, 0.717) is 58.5 Å². The Labute approximate surface area is 220 Å². The van der Waals surface area contributed by atoms with Crippen molar-refractivity contribution in [3.63, 3.8) is 0 Å². The van der Waals surface area contributed by atoms with Crippen molar-refractivity contribution in [3.8, 4) is 11.5 Å². The van der Waals surface area contributed by atoms with E-state index in [2.05, 4.69) is 13.8 Å². The summed E-state index contributed by atoms with van der Waals surface area (Å²) in [6.07, 6.45) is 0.628. The van der Waals surface area contributed by atoms with Gasteiger partial charge in [0.25, 0.3) is 5.91 Å². The maximum absolute atomic E-state index is 13.8. The Morgan fingerprint density at radius 3 is 2.51 bits per heavy atom. The highest BCUT2D eigenvalue weighted by molar-refractivity contribution is 6.31. The lowest BCUT2D eigenvalue weighted by Crippen LogP contribution is -2.31. The zero-order valence-corrected chi connectivity index (χ0v) is 21.7. The number of rotatable bonds is 8. The van der Waals surface area contributed by atoms with Crippen LogP contribution in [-0.4, -0.2) is 31.1 Å². The first-order valence-corrected chi connectivity index (χ1v) is 12.7. The Balaban J connectivity index is 1.62. The molecule has 7 heteroatoms. The number of methoxy groups -OCH3 is 1. The number of benzene rings is 3. The molecule has 3 aromatic carbocycles. The third-order valence-electron chi connectivity index (χ3n) is 6.49. The quantitative estimate of drug-likeness (QED) is 0.275. The van der Waals surface area contributed by atoms with Gasteiger partial charge in [-0.2, -0.15) is 0 Å². The summed E-state index contributed by atoms with van der Waals surface area (Å²) < 4.78 is 17.6. The van der Waals surface area contributed by atoms with E-state index in [1.54, 1.807) is 30.2 Å². The van der Waals surface area contributed by atoms with Gasteiger partial charge in [0, 0.05) is 11.6 Å². The summed E-state index contributed by atoms with van der Waals surface area (Å²) in [5, 5.41) is 0.771. The van der Waals surface area contributed by atoms with Crippen molar-refractivity contribution < 1.29 is 18.7 Å². The Kier molecular flexibility index (Phi) is 6.94. The van der Waals surface area contributed by atoms with Crippen LogP contribution in [0, 0.1) is 5.92 Å². The third-order valence-corrected chi connectivity index (χ3v) is 6.72. The van der Waals surface area contributed by atoms with Gasteiger partial charge in [-0.25, -0.2) is 0 Å². The molecule has 2 heterocycles. The lowest BCUT2D eigenvalue weighted by Gasteiger charge is -2.26. The van der Waals surface area contributed by atoms with Crippen molar-refractivity contribution in [1.82, 2.24) is 4.90 Å². The predicted octanol–water partition coefficient (Wildman–Crippen LogP) is 6.28. The van der Waals surface area contributed by atoms with Gasteiger partial charge in [-0.15, -0.1) is 0 Å². The molecule has 1 aliphatic rings. The number of hydrogen-bond acceptors (Lipinski definition) is 5. The van der Waals surface area contributed by atoms with Crippen LogP contribution in [0.3, 0.4) is 0 Å². The van der Waals surface area contributed by atoms with Crippen LogP contribution >= 0.6 is 11.6 Å². The predicted molar refractivity (Wildman–Crippen MR) is 144 cm³/mol. The van der Waals surface area contributed by atoms with Crippen LogP contribution in [-0.2, 0) is 6.42 Å². The molecule has 4 aromatic rings. The molecule has 0 spiro atoms.